The number of rotatable bonds is 6. The number of ketones is 1. The van der Waals surface area contributed by atoms with Gasteiger partial charge >= 0.3 is 0 Å². The highest BCUT2D eigenvalue weighted by Gasteiger charge is 2.19. The van der Waals surface area contributed by atoms with Gasteiger partial charge < -0.3 is 19.3 Å². The summed E-state index contributed by atoms with van der Waals surface area (Å²) in [7, 11) is 2.99. The third-order valence-corrected chi connectivity index (χ3v) is 4.13. The number of pyridine rings is 1. The number of aromatic nitrogens is 1. The number of nitriles is 1. The lowest BCUT2D eigenvalue weighted by atomic mass is 9.99. The van der Waals surface area contributed by atoms with E-state index in [1.165, 1.54) is 33.4 Å². The molecule has 2 aromatic carbocycles. The Morgan fingerprint density at radius 3 is 2.43 bits per heavy atom. The van der Waals surface area contributed by atoms with Crippen molar-refractivity contribution < 1.29 is 24.1 Å². The number of carbonyl (C=O) groups is 1. The fraction of sp³-hybridized carbons (Fsp3) is 0.190. The highest BCUT2D eigenvalue weighted by Crippen LogP contribution is 2.35. The van der Waals surface area contributed by atoms with E-state index in [2.05, 4.69) is 11.1 Å². The Morgan fingerprint density at radius 2 is 1.82 bits per heavy atom. The second-order valence-electron chi connectivity index (χ2n) is 5.96. The summed E-state index contributed by atoms with van der Waals surface area (Å²) in [5.41, 5.74) is 0.828. The zero-order valence-corrected chi connectivity index (χ0v) is 15.6. The van der Waals surface area contributed by atoms with Crippen molar-refractivity contribution in [2.24, 2.45) is 0 Å². The van der Waals surface area contributed by atoms with E-state index in [0.717, 1.165) is 0 Å². The Balaban J connectivity index is 2.18. The van der Waals surface area contributed by atoms with Gasteiger partial charge in [-0.25, -0.2) is 0 Å². The van der Waals surface area contributed by atoms with E-state index in [1.807, 2.05) is 0 Å². The van der Waals surface area contributed by atoms with Crippen LogP contribution in [0.4, 0.5) is 0 Å². The van der Waals surface area contributed by atoms with Crippen LogP contribution >= 0.6 is 0 Å². The van der Waals surface area contributed by atoms with Crippen molar-refractivity contribution in [2.45, 2.75) is 13.2 Å². The summed E-state index contributed by atoms with van der Waals surface area (Å²) in [4.78, 5) is 17.3. The first-order valence-corrected chi connectivity index (χ1v) is 8.42. The molecule has 142 valence electrons. The van der Waals surface area contributed by atoms with Gasteiger partial charge in [-0.15, -0.1) is 0 Å². The summed E-state index contributed by atoms with van der Waals surface area (Å²) in [5, 5.41) is 19.8. The second-order valence-corrected chi connectivity index (χ2v) is 5.96. The monoisotopic (exact) mass is 378 g/mol. The van der Waals surface area contributed by atoms with Crippen LogP contribution in [0.2, 0.25) is 0 Å². The maximum Gasteiger partial charge on any atom is 0.212 e. The van der Waals surface area contributed by atoms with Crippen LogP contribution in [-0.2, 0) is 0 Å². The van der Waals surface area contributed by atoms with Crippen LogP contribution in [0.3, 0.4) is 0 Å². The highest BCUT2D eigenvalue weighted by atomic mass is 16.6. The lowest BCUT2D eigenvalue weighted by Gasteiger charge is -2.13. The summed E-state index contributed by atoms with van der Waals surface area (Å²) < 4.78 is 15.9. The van der Waals surface area contributed by atoms with Crippen LogP contribution in [0, 0.1) is 11.3 Å². The third-order valence-electron chi connectivity index (χ3n) is 4.13. The molecular formula is C21H18N2O5. The molecule has 1 atom stereocenters. The third kappa shape index (κ3) is 3.59. The van der Waals surface area contributed by atoms with Crippen molar-refractivity contribution >= 4 is 16.6 Å². The molecule has 0 aliphatic carbocycles. The number of carbonyl (C=O) groups excluding carboxylic acids is 1. The number of fused-ring (bicyclic) bond motifs is 1. The molecule has 0 aliphatic rings. The average molecular weight is 378 g/mol. The molecule has 0 bridgehead atoms. The van der Waals surface area contributed by atoms with Gasteiger partial charge in [-0.3, -0.25) is 9.78 Å². The first-order valence-electron chi connectivity index (χ1n) is 8.42. The van der Waals surface area contributed by atoms with Gasteiger partial charge in [-0.05, 0) is 31.2 Å². The topological polar surface area (TPSA) is 102 Å². The summed E-state index contributed by atoms with van der Waals surface area (Å²) in [5.74, 6) is 0.881. The van der Waals surface area contributed by atoms with E-state index in [0.29, 0.717) is 39.1 Å². The first kappa shape index (κ1) is 19.1. The first-order chi connectivity index (χ1) is 13.5. The summed E-state index contributed by atoms with van der Waals surface area (Å²) in [6, 6.07) is 11.8. The minimum Gasteiger partial charge on any atom is -0.493 e. The molecule has 1 heterocycles. The van der Waals surface area contributed by atoms with Crippen molar-refractivity contribution in [3.8, 4) is 23.3 Å². The molecule has 1 aromatic heterocycles. The van der Waals surface area contributed by atoms with Crippen molar-refractivity contribution in [3.63, 3.8) is 0 Å². The van der Waals surface area contributed by atoms with Gasteiger partial charge in [0.25, 0.3) is 0 Å². The number of aliphatic hydroxyl groups excluding tert-OH is 1. The fourth-order valence-corrected chi connectivity index (χ4v) is 2.88. The normalized spacial score (nSPS) is 11.5. The summed E-state index contributed by atoms with van der Waals surface area (Å²) >= 11 is 0. The molecule has 7 heteroatoms. The van der Waals surface area contributed by atoms with Gasteiger partial charge in [0.1, 0.15) is 17.5 Å². The Morgan fingerprint density at radius 1 is 1.14 bits per heavy atom. The van der Waals surface area contributed by atoms with Crippen molar-refractivity contribution in [1.82, 2.24) is 4.98 Å². The van der Waals surface area contributed by atoms with E-state index in [9.17, 15) is 15.2 Å². The minimum absolute atomic E-state index is 0.171. The Kier molecular flexibility index (Phi) is 5.43. The van der Waals surface area contributed by atoms with Gasteiger partial charge in [0.15, 0.2) is 17.8 Å². The predicted octanol–water partition coefficient (Wildman–Crippen LogP) is 3.07. The van der Waals surface area contributed by atoms with Crippen LogP contribution in [0.25, 0.3) is 10.8 Å². The number of hydrogen-bond acceptors (Lipinski definition) is 7. The van der Waals surface area contributed by atoms with E-state index in [1.54, 1.807) is 30.3 Å². The smallest absolute Gasteiger partial charge is 0.212 e. The number of nitrogens with zero attached hydrogens (tertiary/aromatic N) is 2. The average Bonchev–Trinajstić information content (AvgIpc) is 2.71. The van der Waals surface area contributed by atoms with Gasteiger partial charge in [0.2, 0.25) is 5.78 Å². The Labute approximate surface area is 161 Å². The molecule has 0 saturated carbocycles. The van der Waals surface area contributed by atoms with Crippen LogP contribution < -0.4 is 14.2 Å². The Hall–Kier alpha value is -3.63. The molecule has 0 saturated heterocycles. The number of hydrogen-bond donors (Lipinski definition) is 1. The standard InChI is InChI=1S/C21H18N2O5/c1-12(24)28-15-6-4-5-13(7-15)21(25)20-17-9-19(27-3)18(26-2)8-16(17)14(10-22)11-23-20/h4-9,11-12,24H,1-3H3. The molecule has 1 N–H and O–H groups in total. The van der Waals surface area contributed by atoms with E-state index in [-0.39, 0.29) is 11.5 Å². The SMILES string of the molecule is COc1cc2c(C#N)cnc(C(=O)c3cccc(OC(C)O)c3)c2cc1OC. The number of ether oxygens (including phenoxy) is 3. The summed E-state index contributed by atoms with van der Waals surface area (Å²) in [6.07, 6.45) is 0.355. The van der Waals surface area contributed by atoms with Gasteiger partial charge in [0, 0.05) is 22.5 Å². The maximum absolute atomic E-state index is 13.1. The van der Waals surface area contributed by atoms with E-state index >= 15 is 0 Å². The van der Waals surface area contributed by atoms with Crippen molar-refractivity contribution in [2.75, 3.05) is 14.2 Å². The molecule has 0 amide bonds. The van der Waals surface area contributed by atoms with Gasteiger partial charge in [-0.2, -0.15) is 5.26 Å². The van der Waals surface area contributed by atoms with Gasteiger partial charge in [0.05, 0.1) is 19.8 Å². The molecular weight excluding hydrogens is 360 g/mol. The minimum atomic E-state index is -1.00. The quantitative estimate of drug-likeness (QED) is 0.519. The molecule has 1 unspecified atom stereocenters. The fourth-order valence-electron chi connectivity index (χ4n) is 2.88. The Bertz CT molecular complexity index is 1090. The van der Waals surface area contributed by atoms with E-state index in [4.69, 9.17) is 14.2 Å². The molecule has 0 spiro atoms. The van der Waals surface area contributed by atoms with Crippen molar-refractivity contribution in [3.05, 3.63) is 59.4 Å². The summed E-state index contributed by atoms with van der Waals surface area (Å²) in [6.45, 7) is 1.48. The van der Waals surface area contributed by atoms with Crippen LogP contribution in [0.15, 0.2) is 42.6 Å². The zero-order valence-electron chi connectivity index (χ0n) is 15.6. The largest absolute Gasteiger partial charge is 0.493 e. The number of aliphatic hydroxyl groups is 1. The van der Waals surface area contributed by atoms with Crippen LogP contribution in [0.1, 0.15) is 28.5 Å². The number of methoxy groups -OCH3 is 2. The molecule has 0 aliphatic heterocycles. The molecule has 0 fully saturated rings. The van der Waals surface area contributed by atoms with Crippen LogP contribution in [0.5, 0.6) is 17.2 Å². The molecule has 3 rings (SSSR count). The zero-order chi connectivity index (χ0) is 20.3. The molecule has 0 radical (unpaired) electrons. The second kappa shape index (κ2) is 7.94. The van der Waals surface area contributed by atoms with E-state index < -0.39 is 6.29 Å². The predicted molar refractivity (Wildman–Crippen MR) is 102 cm³/mol. The van der Waals surface area contributed by atoms with Crippen LogP contribution in [-0.4, -0.2) is 36.4 Å². The lowest BCUT2D eigenvalue weighted by Crippen LogP contribution is -2.11. The molecule has 3 aromatic rings. The molecule has 28 heavy (non-hydrogen) atoms. The lowest BCUT2D eigenvalue weighted by molar-refractivity contribution is -0.000352. The highest BCUT2D eigenvalue weighted by molar-refractivity contribution is 6.16. The maximum atomic E-state index is 13.1. The van der Waals surface area contributed by atoms with Gasteiger partial charge in [-0.1, -0.05) is 12.1 Å². The molecule has 7 nitrogen and oxygen atoms in total. The number of benzene rings is 2. The van der Waals surface area contributed by atoms with Crippen molar-refractivity contribution in [1.29, 1.82) is 5.26 Å².